The maximum Gasteiger partial charge on any atom is 0.191 e. The van der Waals surface area contributed by atoms with E-state index < -0.39 is 0 Å². The Morgan fingerprint density at radius 1 is 1.04 bits per heavy atom. The van der Waals surface area contributed by atoms with Gasteiger partial charge in [-0.05, 0) is 22.6 Å². The fourth-order valence-corrected chi connectivity index (χ4v) is 3.41. The summed E-state index contributed by atoms with van der Waals surface area (Å²) < 4.78 is 2.03. The van der Waals surface area contributed by atoms with Crippen LogP contribution in [0, 0.1) is 0 Å². The Labute approximate surface area is 157 Å². The SMILES string of the molecule is Cn1c(SCc2ccc(Cl)nc2)nnc1-c1ccc(C(C)(C)C)cc1. The minimum atomic E-state index is 0.145. The molecule has 0 saturated heterocycles. The highest BCUT2D eigenvalue weighted by Gasteiger charge is 2.15. The topological polar surface area (TPSA) is 43.6 Å². The van der Waals surface area contributed by atoms with Gasteiger partial charge in [-0.1, -0.05) is 74.5 Å². The van der Waals surface area contributed by atoms with E-state index in [2.05, 4.69) is 60.2 Å². The first-order chi connectivity index (χ1) is 11.8. The van der Waals surface area contributed by atoms with Crippen molar-refractivity contribution in [2.75, 3.05) is 0 Å². The number of benzene rings is 1. The van der Waals surface area contributed by atoms with Crippen molar-refractivity contribution in [1.29, 1.82) is 0 Å². The standard InChI is InChI=1S/C19H21ClN4S/c1-19(2,3)15-8-6-14(7-9-15)17-22-23-18(24(17)4)25-12-13-5-10-16(20)21-11-13/h5-11H,12H2,1-4H3. The van der Waals surface area contributed by atoms with Crippen LogP contribution in [0.2, 0.25) is 5.15 Å². The zero-order valence-corrected chi connectivity index (χ0v) is 16.4. The molecule has 3 rings (SSSR count). The fourth-order valence-electron chi connectivity index (χ4n) is 2.45. The van der Waals surface area contributed by atoms with Crippen LogP contribution in [0.25, 0.3) is 11.4 Å². The smallest absolute Gasteiger partial charge is 0.191 e. The van der Waals surface area contributed by atoms with Gasteiger partial charge in [0.05, 0.1) is 0 Å². The van der Waals surface area contributed by atoms with Crippen LogP contribution < -0.4 is 0 Å². The van der Waals surface area contributed by atoms with Crippen LogP contribution >= 0.6 is 23.4 Å². The fraction of sp³-hybridized carbons (Fsp3) is 0.316. The lowest BCUT2D eigenvalue weighted by Gasteiger charge is -2.19. The Balaban J connectivity index is 1.75. The zero-order chi connectivity index (χ0) is 18.0. The molecule has 2 heterocycles. The van der Waals surface area contributed by atoms with E-state index in [9.17, 15) is 0 Å². The van der Waals surface area contributed by atoms with Crippen molar-refractivity contribution < 1.29 is 0 Å². The number of hydrogen-bond acceptors (Lipinski definition) is 4. The second-order valence-corrected chi connectivity index (χ2v) is 8.30. The molecule has 0 atom stereocenters. The Bertz CT molecular complexity index is 849. The molecular weight excluding hydrogens is 352 g/mol. The Hall–Kier alpha value is -1.85. The molecule has 0 amide bonds. The van der Waals surface area contributed by atoms with Crippen LogP contribution in [0.15, 0.2) is 47.8 Å². The van der Waals surface area contributed by atoms with Crippen molar-refractivity contribution in [2.24, 2.45) is 7.05 Å². The van der Waals surface area contributed by atoms with Gasteiger partial charge in [-0.15, -0.1) is 10.2 Å². The highest BCUT2D eigenvalue weighted by molar-refractivity contribution is 7.98. The molecule has 25 heavy (non-hydrogen) atoms. The van der Waals surface area contributed by atoms with Gasteiger partial charge in [0.2, 0.25) is 0 Å². The van der Waals surface area contributed by atoms with Crippen LogP contribution in [0.3, 0.4) is 0 Å². The van der Waals surface area contributed by atoms with E-state index in [0.29, 0.717) is 5.15 Å². The van der Waals surface area contributed by atoms with Crippen LogP contribution in [-0.4, -0.2) is 19.7 Å². The normalized spacial score (nSPS) is 11.7. The van der Waals surface area contributed by atoms with Crippen LogP contribution in [0.5, 0.6) is 0 Å². The minimum Gasteiger partial charge on any atom is -0.305 e. The second kappa shape index (κ2) is 7.18. The van der Waals surface area contributed by atoms with E-state index in [1.54, 1.807) is 24.0 Å². The third kappa shape index (κ3) is 4.22. The van der Waals surface area contributed by atoms with E-state index >= 15 is 0 Å². The van der Waals surface area contributed by atoms with Crippen molar-refractivity contribution in [2.45, 2.75) is 37.1 Å². The number of aromatic nitrogens is 4. The monoisotopic (exact) mass is 372 g/mol. The molecule has 0 radical (unpaired) electrons. The number of rotatable bonds is 4. The van der Waals surface area contributed by atoms with Gasteiger partial charge < -0.3 is 4.57 Å². The average Bonchev–Trinajstić information content (AvgIpc) is 2.94. The lowest BCUT2D eigenvalue weighted by atomic mass is 9.87. The Morgan fingerprint density at radius 3 is 2.36 bits per heavy atom. The van der Waals surface area contributed by atoms with Crippen molar-refractivity contribution in [1.82, 2.24) is 19.7 Å². The maximum atomic E-state index is 5.82. The van der Waals surface area contributed by atoms with Crippen LogP contribution in [0.1, 0.15) is 31.9 Å². The molecule has 4 nitrogen and oxygen atoms in total. The largest absolute Gasteiger partial charge is 0.305 e. The van der Waals surface area contributed by atoms with Gasteiger partial charge in [0, 0.05) is 24.6 Å². The van der Waals surface area contributed by atoms with Gasteiger partial charge in [-0.25, -0.2) is 4.98 Å². The molecule has 0 spiro atoms. The van der Waals surface area contributed by atoms with Crippen LogP contribution in [0.4, 0.5) is 0 Å². The Kier molecular flexibility index (Phi) is 5.16. The maximum absolute atomic E-state index is 5.82. The molecule has 0 aliphatic rings. The van der Waals surface area contributed by atoms with E-state index in [4.69, 9.17) is 11.6 Å². The molecule has 0 aliphatic heterocycles. The van der Waals surface area contributed by atoms with Crippen molar-refractivity contribution in [3.63, 3.8) is 0 Å². The van der Waals surface area contributed by atoms with E-state index in [1.807, 2.05) is 17.7 Å². The van der Waals surface area contributed by atoms with Crippen molar-refractivity contribution in [3.05, 3.63) is 58.9 Å². The number of hydrogen-bond donors (Lipinski definition) is 0. The first-order valence-corrected chi connectivity index (χ1v) is 9.44. The molecule has 0 unspecified atom stereocenters. The molecule has 0 fully saturated rings. The van der Waals surface area contributed by atoms with Gasteiger partial charge in [0.25, 0.3) is 0 Å². The van der Waals surface area contributed by atoms with E-state index in [1.165, 1.54) is 5.56 Å². The minimum absolute atomic E-state index is 0.145. The average molecular weight is 373 g/mol. The summed E-state index contributed by atoms with van der Waals surface area (Å²) in [5.41, 5.74) is 3.63. The summed E-state index contributed by atoms with van der Waals surface area (Å²) in [5, 5.41) is 10.1. The molecule has 0 bridgehead atoms. The number of pyridine rings is 1. The van der Waals surface area contributed by atoms with Gasteiger partial charge in [-0.2, -0.15) is 0 Å². The molecule has 6 heteroatoms. The van der Waals surface area contributed by atoms with Crippen molar-refractivity contribution >= 4 is 23.4 Å². The predicted molar refractivity (Wildman–Crippen MR) is 104 cm³/mol. The molecular formula is C19H21ClN4S. The highest BCUT2D eigenvalue weighted by Crippen LogP contribution is 2.28. The molecule has 1 aromatic carbocycles. The molecule has 0 aliphatic carbocycles. The predicted octanol–water partition coefficient (Wildman–Crippen LogP) is 5.12. The summed E-state index contributed by atoms with van der Waals surface area (Å²) in [6, 6.07) is 12.3. The Morgan fingerprint density at radius 2 is 1.76 bits per heavy atom. The third-order valence-electron chi connectivity index (χ3n) is 4.00. The third-order valence-corrected chi connectivity index (χ3v) is 5.32. The molecule has 130 valence electrons. The van der Waals surface area contributed by atoms with Gasteiger partial charge in [0.15, 0.2) is 11.0 Å². The summed E-state index contributed by atoms with van der Waals surface area (Å²) in [6.45, 7) is 6.64. The first kappa shape index (κ1) is 18.0. The molecule has 3 aromatic rings. The van der Waals surface area contributed by atoms with Crippen LogP contribution in [-0.2, 0) is 18.2 Å². The summed E-state index contributed by atoms with van der Waals surface area (Å²) in [4.78, 5) is 4.10. The second-order valence-electron chi connectivity index (χ2n) is 6.97. The first-order valence-electron chi connectivity index (χ1n) is 8.08. The van der Waals surface area contributed by atoms with E-state index in [-0.39, 0.29) is 5.41 Å². The number of thioether (sulfide) groups is 1. The lowest BCUT2D eigenvalue weighted by Crippen LogP contribution is -2.10. The van der Waals surface area contributed by atoms with Gasteiger partial charge >= 0.3 is 0 Å². The summed E-state index contributed by atoms with van der Waals surface area (Å²) in [6.07, 6.45) is 1.79. The molecule has 2 aromatic heterocycles. The molecule has 0 N–H and O–H groups in total. The summed E-state index contributed by atoms with van der Waals surface area (Å²) in [5.74, 6) is 1.65. The quantitative estimate of drug-likeness (QED) is 0.471. The summed E-state index contributed by atoms with van der Waals surface area (Å²) >= 11 is 7.46. The van der Waals surface area contributed by atoms with Gasteiger partial charge in [0.1, 0.15) is 5.15 Å². The van der Waals surface area contributed by atoms with E-state index in [0.717, 1.165) is 27.9 Å². The number of halogens is 1. The zero-order valence-electron chi connectivity index (χ0n) is 14.8. The number of nitrogens with zero attached hydrogens (tertiary/aromatic N) is 4. The van der Waals surface area contributed by atoms with Gasteiger partial charge in [-0.3, -0.25) is 0 Å². The highest BCUT2D eigenvalue weighted by atomic mass is 35.5. The van der Waals surface area contributed by atoms with Crippen molar-refractivity contribution in [3.8, 4) is 11.4 Å². The lowest BCUT2D eigenvalue weighted by molar-refractivity contribution is 0.590. The molecule has 0 saturated carbocycles. The summed E-state index contributed by atoms with van der Waals surface area (Å²) in [7, 11) is 2.00.